The number of ether oxygens (including phenoxy) is 1. The summed E-state index contributed by atoms with van der Waals surface area (Å²) in [6, 6.07) is 15.7. The number of amides is 1. The second-order valence-corrected chi connectivity index (χ2v) is 5.06. The van der Waals surface area contributed by atoms with Gasteiger partial charge in [-0.2, -0.15) is 0 Å². The zero-order valence-corrected chi connectivity index (χ0v) is 11.4. The molecular formula is C17H17NO2. The number of hydrogen-bond acceptors (Lipinski definition) is 2. The van der Waals surface area contributed by atoms with Crippen molar-refractivity contribution in [2.45, 2.75) is 25.9 Å². The second-order valence-electron chi connectivity index (χ2n) is 5.06. The predicted molar refractivity (Wildman–Crippen MR) is 79.0 cm³/mol. The number of benzene rings is 2. The molecule has 0 saturated heterocycles. The van der Waals surface area contributed by atoms with Crippen molar-refractivity contribution in [2.24, 2.45) is 0 Å². The molecule has 102 valence electrons. The lowest BCUT2D eigenvalue weighted by Gasteiger charge is -2.17. The van der Waals surface area contributed by atoms with E-state index >= 15 is 0 Å². The Hall–Kier alpha value is -2.29. The van der Waals surface area contributed by atoms with Gasteiger partial charge in [-0.25, -0.2) is 0 Å². The highest BCUT2D eigenvalue weighted by molar-refractivity contribution is 5.95. The molecule has 2 aromatic rings. The lowest BCUT2D eigenvalue weighted by molar-refractivity contribution is -0.122. The summed E-state index contributed by atoms with van der Waals surface area (Å²) in [5.41, 5.74) is 3.10. The van der Waals surface area contributed by atoms with Gasteiger partial charge >= 0.3 is 0 Å². The van der Waals surface area contributed by atoms with Gasteiger partial charge in [-0.15, -0.1) is 0 Å². The van der Waals surface area contributed by atoms with Crippen LogP contribution in [0.5, 0.6) is 5.75 Å². The number of hydrogen-bond donors (Lipinski definition) is 1. The Morgan fingerprint density at radius 2 is 1.85 bits per heavy atom. The first-order valence-corrected chi connectivity index (χ1v) is 6.85. The van der Waals surface area contributed by atoms with Gasteiger partial charge in [0, 0.05) is 5.69 Å². The lowest BCUT2D eigenvalue weighted by atomic mass is 10.1. The van der Waals surface area contributed by atoms with Crippen LogP contribution in [0.2, 0.25) is 0 Å². The minimum Gasteiger partial charge on any atom is -0.480 e. The molecule has 0 radical (unpaired) electrons. The van der Waals surface area contributed by atoms with Gasteiger partial charge in [0.15, 0.2) is 6.10 Å². The molecule has 3 heteroatoms. The van der Waals surface area contributed by atoms with Crippen molar-refractivity contribution >= 4 is 11.6 Å². The molecule has 3 nitrogen and oxygen atoms in total. The highest BCUT2D eigenvalue weighted by Gasteiger charge is 2.25. The van der Waals surface area contributed by atoms with Crippen molar-refractivity contribution in [1.29, 1.82) is 0 Å². The van der Waals surface area contributed by atoms with Gasteiger partial charge < -0.3 is 10.1 Å². The van der Waals surface area contributed by atoms with E-state index in [0.717, 1.165) is 29.0 Å². The highest BCUT2D eigenvalue weighted by Crippen LogP contribution is 2.25. The van der Waals surface area contributed by atoms with Gasteiger partial charge in [0.25, 0.3) is 5.91 Å². The van der Waals surface area contributed by atoms with E-state index in [2.05, 4.69) is 5.32 Å². The fraction of sp³-hybridized carbons (Fsp3) is 0.235. The zero-order valence-electron chi connectivity index (χ0n) is 11.4. The normalized spacial score (nSPS) is 17.9. The number of aryl methyl sites for hydroxylation is 2. The molecule has 0 bridgehead atoms. The van der Waals surface area contributed by atoms with E-state index in [4.69, 9.17) is 4.74 Å². The topological polar surface area (TPSA) is 38.3 Å². The molecule has 3 rings (SSSR count). The summed E-state index contributed by atoms with van der Waals surface area (Å²) < 4.78 is 5.90. The summed E-state index contributed by atoms with van der Waals surface area (Å²) in [6.45, 7) is 1.98. The van der Waals surface area contributed by atoms with E-state index in [-0.39, 0.29) is 5.91 Å². The molecule has 0 aliphatic carbocycles. The lowest BCUT2D eigenvalue weighted by Crippen LogP contribution is -2.32. The first-order valence-electron chi connectivity index (χ1n) is 6.85. The molecule has 1 unspecified atom stereocenters. The molecule has 1 atom stereocenters. The Labute approximate surface area is 118 Å². The van der Waals surface area contributed by atoms with Crippen LogP contribution in [0.4, 0.5) is 5.69 Å². The monoisotopic (exact) mass is 267 g/mol. The van der Waals surface area contributed by atoms with Crippen molar-refractivity contribution in [3.05, 3.63) is 59.7 Å². The van der Waals surface area contributed by atoms with Crippen LogP contribution in [0.15, 0.2) is 48.5 Å². The Morgan fingerprint density at radius 3 is 2.70 bits per heavy atom. The van der Waals surface area contributed by atoms with Crippen molar-refractivity contribution < 1.29 is 9.53 Å². The smallest absolute Gasteiger partial charge is 0.265 e. The van der Waals surface area contributed by atoms with Crippen LogP contribution < -0.4 is 10.1 Å². The van der Waals surface area contributed by atoms with E-state index < -0.39 is 6.10 Å². The summed E-state index contributed by atoms with van der Waals surface area (Å²) in [6.07, 6.45) is 1.09. The van der Waals surface area contributed by atoms with Crippen molar-refractivity contribution in [3.8, 4) is 5.75 Å². The van der Waals surface area contributed by atoms with Gasteiger partial charge in [0.05, 0.1) is 0 Å². The van der Waals surface area contributed by atoms with E-state index in [1.807, 2.05) is 55.5 Å². The third-order valence-corrected chi connectivity index (χ3v) is 3.61. The molecule has 1 aliphatic rings. The fourth-order valence-electron chi connectivity index (χ4n) is 2.45. The molecule has 0 saturated carbocycles. The largest absolute Gasteiger partial charge is 0.480 e. The molecule has 1 amide bonds. The van der Waals surface area contributed by atoms with Gasteiger partial charge in [-0.3, -0.25) is 4.79 Å². The Balaban J connectivity index is 1.80. The van der Waals surface area contributed by atoms with E-state index in [9.17, 15) is 4.79 Å². The molecule has 2 aromatic carbocycles. The number of fused-ring (bicyclic) bond motifs is 1. The molecule has 1 N–H and O–H groups in total. The molecule has 0 aromatic heterocycles. The van der Waals surface area contributed by atoms with Crippen molar-refractivity contribution in [2.75, 3.05) is 5.32 Å². The quantitative estimate of drug-likeness (QED) is 0.906. The summed E-state index contributed by atoms with van der Waals surface area (Å²) in [7, 11) is 0. The number of carbonyl (C=O) groups is 1. The van der Waals surface area contributed by atoms with E-state index in [1.165, 1.54) is 0 Å². The Morgan fingerprint density at radius 1 is 1.10 bits per heavy atom. The molecule has 1 aliphatic heterocycles. The minimum absolute atomic E-state index is 0.0711. The average Bonchev–Trinajstić information content (AvgIpc) is 2.61. The summed E-state index contributed by atoms with van der Waals surface area (Å²) in [5.74, 6) is 0.705. The van der Waals surface area contributed by atoms with Crippen molar-refractivity contribution in [1.82, 2.24) is 0 Å². The molecular weight excluding hydrogens is 250 g/mol. The molecule has 0 spiro atoms. The SMILES string of the molecule is Cc1ccccc1OC1CCc2ccccc2NC1=O. The fourth-order valence-corrected chi connectivity index (χ4v) is 2.45. The van der Waals surface area contributed by atoms with E-state index in [1.54, 1.807) is 0 Å². The Kier molecular flexibility index (Phi) is 3.42. The molecule has 20 heavy (non-hydrogen) atoms. The van der Waals surface area contributed by atoms with Gasteiger partial charge in [-0.1, -0.05) is 36.4 Å². The van der Waals surface area contributed by atoms with Crippen LogP contribution in [-0.2, 0) is 11.2 Å². The minimum atomic E-state index is -0.441. The van der Waals surface area contributed by atoms with Crippen LogP contribution >= 0.6 is 0 Å². The summed E-state index contributed by atoms with van der Waals surface area (Å²) in [5, 5.41) is 2.95. The van der Waals surface area contributed by atoms with Gasteiger partial charge in [0.2, 0.25) is 0 Å². The van der Waals surface area contributed by atoms with Crippen LogP contribution in [-0.4, -0.2) is 12.0 Å². The number of anilines is 1. The van der Waals surface area contributed by atoms with Gasteiger partial charge in [-0.05, 0) is 43.0 Å². The standard InChI is InChI=1S/C17H17NO2/c1-12-6-2-5-9-15(12)20-16-11-10-13-7-3-4-8-14(13)18-17(16)19/h2-9,16H,10-11H2,1H3,(H,18,19). The second kappa shape index (κ2) is 5.37. The highest BCUT2D eigenvalue weighted by atomic mass is 16.5. The number of nitrogens with one attached hydrogen (secondary N) is 1. The first-order chi connectivity index (χ1) is 9.74. The summed E-state index contributed by atoms with van der Waals surface area (Å²) >= 11 is 0. The van der Waals surface area contributed by atoms with Crippen molar-refractivity contribution in [3.63, 3.8) is 0 Å². The number of para-hydroxylation sites is 2. The molecule has 1 heterocycles. The maximum absolute atomic E-state index is 12.3. The van der Waals surface area contributed by atoms with Crippen LogP contribution in [0, 0.1) is 6.92 Å². The average molecular weight is 267 g/mol. The number of carbonyl (C=O) groups excluding carboxylic acids is 1. The molecule has 0 fully saturated rings. The predicted octanol–water partition coefficient (Wildman–Crippen LogP) is 3.33. The zero-order chi connectivity index (χ0) is 13.9. The number of rotatable bonds is 2. The first kappa shape index (κ1) is 12.7. The summed E-state index contributed by atoms with van der Waals surface area (Å²) in [4.78, 5) is 12.3. The maximum atomic E-state index is 12.3. The Bertz CT molecular complexity index is 636. The third-order valence-electron chi connectivity index (χ3n) is 3.61. The maximum Gasteiger partial charge on any atom is 0.265 e. The third kappa shape index (κ3) is 2.52. The van der Waals surface area contributed by atoms with Gasteiger partial charge in [0.1, 0.15) is 5.75 Å². The van der Waals surface area contributed by atoms with Crippen LogP contribution in [0.25, 0.3) is 0 Å². The van der Waals surface area contributed by atoms with E-state index in [0.29, 0.717) is 6.42 Å². The van der Waals surface area contributed by atoms with Crippen LogP contribution in [0.3, 0.4) is 0 Å². The van der Waals surface area contributed by atoms with Crippen LogP contribution in [0.1, 0.15) is 17.5 Å².